The lowest BCUT2D eigenvalue weighted by atomic mass is 10.3. The molecule has 0 aromatic heterocycles. The summed E-state index contributed by atoms with van der Waals surface area (Å²) < 4.78 is 10.3. The summed E-state index contributed by atoms with van der Waals surface area (Å²) in [5.74, 6) is 1.47. The maximum Gasteiger partial charge on any atom is 0.196 e. The lowest BCUT2D eigenvalue weighted by Gasteiger charge is -2.11. The van der Waals surface area contributed by atoms with Crippen LogP contribution in [0.2, 0.25) is 0 Å². The third-order valence-electron chi connectivity index (χ3n) is 1.33. The fourth-order valence-electron chi connectivity index (χ4n) is 0.825. The second-order valence-electron chi connectivity index (χ2n) is 2.51. The van der Waals surface area contributed by atoms with Gasteiger partial charge in [0, 0.05) is 6.66 Å². The van der Waals surface area contributed by atoms with Gasteiger partial charge >= 0.3 is 0 Å². The fourth-order valence-corrected chi connectivity index (χ4v) is 1.82. The number of hydrogen-bond acceptors (Lipinski definition) is 3. The topological polar surface area (TPSA) is 18.5 Å². The molecule has 5 heteroatoms. The molecule has 0 amide bonds. The highest BCUT2D eigenvalue weighted by Gasteiger charge is 2.06. The molecule has 0 saturated carbocycles. The van der Waals surface area contributed by atoms with Gasteiger partial charge in [0.2, 0.25) is 0 Å². The van der Waals surface area contributed by atoms with Gasteiger partial charge in [0.05, 0.1) is 7.11 Å². The van der Waals surface area contributed by atoms with Crippen molar-refractivity contribution >= 4 is 28.7 Å². The third kappa shape index (κ3) is 3.99. The van der Waals surface area contributed by atoms with E-state index in [1.807, 2.05) is 0 Å². The van der Waals surface area contributed by atoms with Crippen LogP contribution in [0.25, 0.3) is 0 Å². The lowest BCUT2D eigenvalue weighted by molar-refractivity contribution is 0.414. The van der Waals surface area contributed by atoms with Crippen molar-refractivity contribution in [2.24, 2.45) is 0 Å². The number of methoxy groups -OCH3 is 1. The molecule has 0 heterocycles. The number of hydrogen-bond donors (Lipinski definition) is 0. The van der Waals surface area contributed by atoms with Gasteiger partial charge in [-0.25, -0.2) is 0 Å². The molecule has 0 radical (unpaired) electrons. The highest BCUT2D eigenvalue weighted by Crippen LogP contribution is 2.48. The van der Waals surface area contributed by atoms with Gasteiger partial charge in [-0.2, -0.15) is 0 Å². The first-order valence-corrected chi connectivity index (χ1v) is 7.69. The summed E-state index contributed by atoms with van der Waals surface area (Å²) >= 11 is 10.8. The van der Waals surface area contributed by atoms with E-state index in [0.29, 0.717) is 5.75 Å². The Bertz CT molecular complexity index is 319. The van der Waals surface area contributed by atoms with E-state index in [-0.39, 0.29) is 0 Å². The Morgan fingerprint density at radius 3 is 2.08 bits per heavy atom. The Hall–Kier alpha value is -0.240. The summed E-state index contributed by atoms with van der Waals surface area (Å²) in [5.41, 5.74) is -2.15. The largest absolute Gasteiger partial charge is 0.497 e. The Morgan fingerprint density at radius 2 is 1.69 bits per heavy atom. The van der Waals surface area contributed by atoms with Crippen molar-refractivity contribution in [1.82, 2.24) is 0 Å². The molecule has 1 aromatic rings. The van der Waals surface area contributed by atoms with Crippen LogP contribution < -0.4 is 9.26 Å². The van der Waals surface area contributed by atoms with Crippen LogP contribution in [-0.4, -0.2) is 13.8 Å². The molecule has 0 spiro atoms. The quantitative estimate of drug-likeness (QED) is 0.751. The van der Waals surface area contributed by atoms with Crippen molar-refractivity contribution in [1.29, 1.82) is 0 Å². The highest BCUT2D eigenvalue weighted by molar-refractivity contribution is 8.24. The first-order valence-electron chi connectivity index (χ1n) is 3.62. The molecule has 13 heavy (non-hydrogen) atoms. The zero-order valence-corrected chi connectivity index (χ0v) is 9.83. The third-order valence-corrected chi connectivity index (χ3v) is 2.30. The minimum absolute atomic E-state index is 0.682. The van der Waals surface area contributed by atoms with Gasteiger partial charge in [-0.1, -0.05) is 0 Å². The van der Waals surface area contributed by atoms with Gasteiger partial charge in [0.1, 0.15) is 11.5 Å². The Kier molecular flexibility index (Phi) is 3.60. The zero-order valence-electron chi connectivity index (χ0n) is 7.36. The van der Waals surface area contributed by atoms with Gasteiger partial charge in [-0.3, -0.25) is 0 Å². The standard InChI is InChI=1S/C8H10ClO2PS/c1-10-7-3-5-8(6-4-7)11-12(2,9)13/h3-6H,1-2H3. The van der Waals surface area contributed by atoms with Crippen molar-refractivity contribution < 1.29 is 9.26 Å². The monoisotopic (exact) mass is 236 g/mol. The average Bonchev–Trinajstić information content (AvgIpc) is 2.03. The minimum atomic E-state index is -2.15. The Balaban J connectivity index is 2.76. The highest BCUT2D eigenvalue weighted by atomic mass is 35.7. The van der Waals surface area contributed by atoms with E-state index in [2.05, 4.69) is 0 Å². The van der Waals surface area contributed by atoms with Gasteiger partial charge in [0.15, 0.2) is 5.62 Å². The van der Waals surface area contributed by atoms with Gasteiger partial charge < -0.3 is 9.26 Å². The van der Waals surface area contributed by atoms with Crippen LogP contribution in [0.1, 0.15) is 0 Å². The molecule has 0 aliphatic rings. The summed E-state index contributed by atoms with van der Waals surface area (Å²) in [6.07, 6.45) is 0. The molecule has 0 saturated heterocycles. The molecule has 0 aliphatic heterocycles. The van der Waals surface area contributed by atoms with E-state index < -0.39 is 5.62 Å². The first kappa shape index (κ1) is 10.8. The summed E-state index contributed by atoms with van der Waals surface area (Å²) in [5, 5.41) is 0. The SMILES string of the molecule is COc1ccc(OP(C)(=S)Cl)cc1. The van der Waals surface area contributed by atoms with Crippen LogP contribution >= 0.6 is 16.9 Å². The van der Waals surface area contributed by atoms with E-state index in [1.165, 1.54) is 0 Å². The van der Waals surface area contributed by atoms with Crippen LogP contribution in [0.15, 0.2) is 24.3 Å². The summed E-state index contributed by atoms with van der Waals surface area (Å²) in [6, 6.07) is 7.17. The molecule has 1 rings (SSSR count). The van der Waals surface area contributed by atoms with Crippen molar-refractivity contribution in [2.45, 2.75) is 0 Å². The summed E-state index contributed by atoms with van der Waals surface area (Å²) in [4.78, 5) is 0. The van der Waals surface area contributed by atoms with Crippen molar-refractivity contribution in [3.8, 4) is 11.5 Å². The maximum atomic E-state index is 5.81. The molecule has 0 N–H and O–H groups in total. The molecule has 0 bridgehead atoms. The lowest BCUT2D eigenvalue weighted by Crippen LogP contribution is -1.85. The minimum Gasteiger partial charge on any atom is -0.497 e. The second kappa shape index (κ2) is 4.32. The van der Waals surface area contributed by atoms with Crippen LogP contribution in [0.3, 0.4) is 0 Å². The average molecular weight is 237 g/mol. The Labute approximate surface area is 87.7 Å². The Morgan fingerprint density at radius 1 is 1.23 bits per heavy atom. The van der Waals surface area contributed by atoms with Crippen molar-refractivity contribution in [2.75, 3.05) is 13.8 Å². The summed E-state index contributed by atoms with van der Waals surface area (Å²) in [6.45, 7) is 1.72. The van der Waals surface area contributed by atoms with Gasteiger partial charge in [0.25, 0.3) is 0 Å². The molecule has 72 valence electrons. The molecule has 0 fully saturated rings. The van der Waals surface area contributed by atoms with E-state index in [4.69, 9.17) is 32.3 Å². The molecular formula is C8H10ClO2PS. The number of benzene rings is 1. The molecule has 0 aliphatic carbocycles. The molecule has 1 unspecified atom stereocenters. The van der Waals surface area contributed by atoms with E-state index in [1.54, 1.807) is 38.0 Å². The number of rotatable bonds is 3. The zero-order chi connectivity index (χ0) is 9.90. The van der Waals surface area contributed by atoms with Crippen LogP contribution in [0, 0.1) is 0 Å². The smallest absolute Gasteiger partial charge is 0.196 e. The number of ether oxygens (including phenoxy) is 1. The molecular weight excluding hydrogens is 227 g/mol. The normalized spacial score (nSPS) is 14.7. The van der Waals surface area contributed by atoms with E-state index in [9.17, 15) is 0 Å². The number of halogens is 1. The predicted octanol–water partition coefficient (Wildman–Crippen LogP) is 3.25. The molecule has 1 atom stereocenters. The van der Waals surface area contributed by atoms with Crippen LogP contribution in [0.4, 0.5) is 0 Å². The van der Waals surface area contributed by atoms with E-state index in [0.717, 1.165) is 5.75 Å². The maximum absolute atomic E-state index is 5.81. The summed E-state index contributed by atoms with van der Waals surface area (Å²) in [7, 11) is 1.61. The van der Waals surface area contributed by atoms with Crippen molar-refractivity contribution in [3.05, 3.63) is 24.3 Å². The molecule has 1 aromatic carbocycles. The fraction of sp³-hybridized carbons (Fsp3) is 0.250. The molecule has 2 nitrogen and oxygen atoms in total. The van der Waals surface area contributed by atoms with E-state index >= 15 is 0 Å². The van der Waals surface area contributed by atoms with Crippen LogP contribution in [0.5, 0.6) is 11.5 Å². The first-order chi connectivity index (χ1) is 6.01. The van der Waals surface area contributed by atoms with Crippen LogP contribution in [-0.2, 0) is 11.8 Å². The van der Waals surface area contributed by atoms with Gasteiger partial charge in [-0.05, 0) is 47.3 Å². The van der Waals surface area contributed by atoms with Crippen molar-refractivity contribution in [3.63, 3.8) is 0 Å². The van der Waals surface area contributed by atoms with Gasteiger partial charge in [-0.15, -0.1) is 0 Å². The predicted molar refractivity (Wildman–Crippen MR) is 59.7 cm³/mol. The second-order valence-corrected chi connectivity index (χ2v) is 8.82.